The summed E-state index contributed by atoms with van der Waals surface area (Å²) < 4.78 is 27.0. The monoisotopic (exact) mass is 200 g/mol. The number of benzene rings is 1. The zero-order valence-electron chi connectivity index (χ0n) is 7.43. The van der Waals surface area contributed by atoms with Gasteiger partial charge in [0.05, 0.1) is 6.61 Å². The van der Waals surface area contributed by atoms with E-state index >= 15 is 0 Å². The molecular weight excluding hydrogens is 188 g/mol. The molecule has 1 rings (SSSR count). The van der Waals surface area contributed by atoms with E-state index in [1.165, 1.54) is 0 Å². The van der Waals surface area contributed by atoms with E-state index in [0.717, 1.165) is 5.56 Å². The van der Waals surface area contributed by atoms with Crippen molar-refractivity contribution in [2.24, 2.45) is 0 Å². The first-order valence-corrected chi connectivity index (χ1v) is 5.63. The highest BCUT2D eigenvalue weighted by atomic mass is 32.2. The SMILES string of the molecule is CCOS(=O)(=O)Cc1ccccc1. The second kappa shape index (κ2) is 4.39. The van der Waals surface area contributed by atoms with Gasteiger partial charge in [-0.15, -0.1) is 0 Å². The summed E-state index contributed by atoms with van der Waals surface area (Å²) in [7, 11) is -3.38. The fourth-order valence-electron chi connectivity index (χ4n) is 1.000. The largest absolute Gasteiger partial charge is 0.271 e. The summed E-state index contributed by atoms with van der Waals surface area (Å²) in [6.45, 7) is 1.84. The molecule has 3 nitrogen and oxygen atoms in total. The van der Waals surface area contributed by atoms with Gasteiger partial charge < -0.3 is 0 Å². The molecule has 0 amide bonds. The summed E-state index contributed by atoms with van der Waals surface area (Å²) in [5.74, 6) is -0.0539. The minimum Gasteiger partial charge on any atom is -0.270 e. The normalized spacial score (nSPS) is 11.5. The van der Waals surface area contributed by atoms with Crippen LogP contribution in [0.3, 0.4) is 0 Å². The molecule has 0 bridgehead atoms. The topological polar surface area (TPSA) is 43.4 Å². The molecule has 0 saturated carbocycles. The van der Waals surface area contributed by atoms with E-state index in [2.05, 4.69) is 4.18 Å². The Morgan fingerprint density at radius 1 is 1.23 bits per heavy atom. The van der Waals surface area contributed by atoms with Gasteiger partial charge in [0.2, 0.25) is 0 Å². The molecule has 0 saturated heterocycles. The van der Waals surface area contributed by atoms with Crippen LogP contribution in [0.2, 0.25) is 0 Å². The van der Waals surface area contributed by atoms with E-state index in [1.807, 2.05) is 6.07 Å². The molecule has 1 aromatic rings. The summed E-state index contributed by atoms with van der Waals surface area (Å²) >= 11 is 0. The van der Waals surface area contributed by atoms with Crippen LogP contribution in [0.5, 0.6) is 0 Å². The second-order valence-electron chi connectivity index (χ2n) is 2.59. The molecule has 13 heavy (non-hydrogen) atoms. The van der Waals surface area contributed by atoms with Crippen LogP contribution in [0.15, 0.2) is 30.3 Å². The van der Waals surface area contributed by atoms with Crippen LogP contribution in [0, 0.1) is 0 Å². The maximum absolute atomic E-state index is 11.2. The standard InChI is InChI=1S/C9H12O3S/c1-2-12-13(10,11)8-9-6-4-3-5-7-9/h3-7H,2,8H2,1H3. The smallest absolute Gasteiger partial charge is 0.270 e. The van der Waals surface area contributed by atoms with Crippen molar-refractivity contribution in [2.75, 3.05) is 6.61 Å². The van der Waals surface area contributed by atoms with Crippen LogP contribution in [-0.4, -0.2) is 15.0 Å². The Labute approximate surface area is 78.5 Å². The van der Waals surface area contributed by atoms with Gasteiger partial charge in [-0.1, -0.05) is 30.3 Å². The zero-order valence-corrected chi connectivity index (χ0v) is 8.25. The Hall–Kier alpha value is -0.870. The van der Waals surface area contributed by atoms with Crippen molar-refractivity contribution >= 4 is 10.1 Å². The molecule has 0 aliphatic rings. The molecule has 1 aromatic carbocycles. The van der Waals surface area contributed by atoms with Crippen LogP contribution in [-0.2, 0) is 20.1 Å². The predicted molar refractivity (Wildman–Crippen MR) is 50.7 cm³/mol. The Morgan fingerprint density at radius 2 is 1.85 bits per heavy atom. The highest BCUT2D eigenvalue weighted by Gasteiger charge is 2.10. The zero-order chi connectivity index (χ0) is 9.73. The third kappa shape index (κ3) is 3.57. The second-order valence-corrected chi connectivity index (χ2v) is 4.23. The third-order valence-corrected chi connectivity index (χ3v) is 2.77. The van der Waals surface area contributed by atoms with Gasteiger partial charge in [-0.3, -0.25) is 4.18 Å². The fourth-order valence-corrected chi connectivity index (χ4v) is 2.04. The number of hydrogen-bond donors (Lipinski definition) is 0. The lowest BCUT2D eigenvalue weighted by molar-refractivity contribution is 0.337. The average Bonchev–Trinajstić information content (AvgIpc) is 2.04. The van der Waals surface area contributed by atoms with E-state index in [-0.39, 0.29) is 12.4 Å². The van der Waals surface area contributed by atoms with Crippen LogP contribution in [0.1, 0.15) is 12.5 Å². The van der Waals surface area contributed by atoms with Gasteiger partial charge in [-0.25, -0.2) is 0 Å². The van der Waals surface area contributed by atoms with Crippen LogP contribution < -0.4 is 0 Å². The molecular formula is C9H12O3S. The summed E-state index contributed by atoms with van der Waals surface area (Å²) in [6, 6.07) is 8.97. The minimum absolute atomic E-state index is 0.0539. The van der Waals surface area contributed by atoms with Gasteiger partial charge in [-0.2, -0.15) is 8.42 Å². The van der Waals surface area contributed by atoms with E-state index in [9.17, 15) is 8.42 Å². The number of rotatable bonds is 4. The summed E-state index contributed by atoms with van der Waals surface area (Å²) in [4.78, 5) is 0. The van der Waals surface area contributed by atoms with E-state index < -0.39 is 10.1 Å². The summed E-state index contributed by atoms with van der Waals surface area (Å²) in [5, 5.41) is 0. The Kier molecular flexibility index (Phi) is 3.45. The quantitative estimate of drug-likeness (QED) is 0.693. The highest BCUT2D eigenvalue weighted by molar-refractivity contribution is 7.85. The fraction of sp³-hybridized carbons (Fsp3) is 0.333. The van der Waals surface area contributed by atoms with Crippen molar-refractivity contribution in [1.29, 1.82) is 0 Å². The van der Waals surface area contributed by atoms with E-state index in [4.69, 9.17) is 0 Å². The van der Waals surface area contributed by atoms with Gasteiger partial charge in [-0.05, 0) is 12.5 Å². The van der Waals surface area contributed by atoms with Gasteiger partial charge >= 0.3 is 0 Å². The lowest BCUT2D eigenvalue weighted by atomic mass is 10.2. The first-order valence-electron chi connectivity index (χ1n) is 4.05. The Balaban J connectivity index is 2.70. The predicted octanol–water partition coefficient (Wildman–Crippen LogP) is 1.55. The first kappa shape index (κ1) is 10.2. The molecule has 0 fully saturated rings. The van der Waals surface area contributed by atoms with E-state index in [0.29, 0.717) is 0 Å². The molecule has 0 aliphatic heterocycles. The molecule has 0 radical (unpaired) electrons. The van der Waals surface area contributed by atoms with Crippen molar-refractivity contribution < 1.29 is 12.6 Å². The van der Waals surface area contributed by atoms with Crippen LogP contribution in [0.25, 0.3) is 0 Å². The number of hydrogen-bond acceptors (Lipinski definition) is 3. The van der Waals surface area contributed by atoms with Crippen LogP contribution >= 0.6 is 0 Å². The van der Waals surface area contributed by atoms with Crippen molar-refractivity contribution in [2.45, 2.75) is 12.7 Å². The molecule has 4 heteroatoms. The first-order chi connectivity index (χ1) is 6.14. The molecule has 0 aliphatic carbocycles. The molecule has 72 valence electrons. The van der Waals surface area contributed by atoms with Gasteiger partial charge in [0, 0.05) is 0 Å². The van der Waals surface area contributed by atoms with Crippen molar-refractivity contribution in [3.05, 3.63) is 35.9 Å². The molecule has 0 atom stereocenters. The van der Waals surface area contributed by atoms with E-state index in [1.54, 1.807) is 31.2 Å². The lowest BCUT2D eigenvalue weighted by Gasteiger charge is -2.02. The van der Waals surface area contributed by atoms with Gasteiger partial charge in [0.1, 0.15) is 5.75 Å². The van der Waals surface area contributed by atoms with Crippen molar-refractivity contribution in [1.82, 2.24) is 0 Å². The molecule has 0 aromatic heterocycles. The molecule has 0 N–H and O–H groups in total. The Morgan fingerprint density at radius 3 is 2.38 bits per heavy atom. The Bertz CT molecular complexity index is 342. The minimum atomic E-state index is -3.38. The summed E-state index contributed by atoms with van der Waals surface area (Å²) in [6.07, 6.45) is 0. The maximum Gasteiger partial charge on any atom is 0.271 e. The van der Waals surface area contributed by atoms with Gasteiger partial charge in [0.25, 0.3) is 10.1 Å². The van der Waals surface area contributed by atoms with Crippen LogP contribution in [0.4, 0.5) is 0 Å². The lowest BCUT2D eigenvalue weighted by Crippen LogP contribution is -2.08. The summed E-state index contributed by atoms with van der Waals surface area (Å²) in [5.41, 5.74) is 0.746. The molecule has 0 spiro atoms. The highest BCUT2D eigenvalue weighted by Crippen LogP contribution is 2.06. The van der Waals surface area contributed by atoms with Crippen molar-refractivity contribution in [3.8, 4) is 0 Å². The molecule has 0 unspecified atom stereocenters. The third-order valence-electron chi connectivity index (χ3n) is 1.48. The molecule has 0 heterocycles. The average molecular weight is 200 g/mol. The van der Waals surface area contributed by atoms with Crippen molar-refractivity contribution in [3.63, 3.8) is 0 Å². The van der Waals surface area contributed by atoms with Gasteiger partial charge in [0.15, 0.2) is 0 Å². The maximum atomic E-state index is 11.2.